The summed E-state index contributed by atoms with van der Waals surface area (Å²) in [5.41, 5.74) is 7.13. The third kappa shape index (κ3) is 2.08. The predicted molar refractivity (Wildman–Crippen MR) is 63.2 cm³/mol. The van der Waals surface area contributed by atoms with E-state index in [1.807, 2.05) is 17.8 Å². The van der Waals surface area contributed by atoms with Crippen LogP contribution in [-0.2, 0) is 0 Å². The summed E-state index contributed by atoms with van der Waals surface area (Å²) in [6.07, 6.45) is 2.44. The number of thioether (sulfide) groups is 1. The second kappa shape index (κ2) is 4.56. The number of benzene rings is 1. The minimum atomic E-state index is 0.499. The van der Waals surface area contributed by atoms with Crippen LogP contribution in [0.2, 0.25) is 5.02 Å². The lowest BCUT2D eigenvalue weighted by Crippen LogP contribution is -2.12. The van der Waals surface area contributed by atoms with Gasteiger partial charge in [-0.2, -0.15) is 0 Å². The molecule has 2 N–H and O–H groups in total. The zero-order valence-corrected chi connectivity index (χ0v) is 9.57. The molecule has 0 aliphatic carbocycles. The lowest BCUT2D eigenvalue weighted by Gasteiger charge is -2.14. The van der Waals surface area contributed by atoms with Crippen LogP contribution in [0.15, 0.2) is 23.1 Å². The van der Waals surface area contributed by atoms with Crippen LogP contribution in [0.4, 0.5) is 0 Å². The fourth-order valence-electron chi connectivity index (χ4n) is 1.88. The van der Waals surface area contributed by atoms with Crippen LogP contribution in [-0.4, -0.2) is 12.3 Å². The quantitative estimate of drug-likeness (QED) is 0.797. The minimum Gasteiger partial charge on any atom is -0.330 e. The molecule has 0 aromatic heterocycles. The van der Waals surface area contributed by atoms with Crippen LogP contribution < -0.4 is 5.73 Å². The van der Waals surface area contributed by atoms with E-state index in [4.69, 9.17) is 17.3 Å². The third-order valence-corrected chi connectivity index (χ3v) is 4.06. The molecule has 0 amide bonds. The summed E-state index contributed by atoms with van der Waals surface area (Å²) < 4.78 is 0. The van der Waals surface area contributed by atoms with Crippen molar-refractivity contribution in [3.05, 3.63) is 28.8 Å². The summed E-state index contributed by atoms with van der Waals surface area (Å²) in [5, 5.41) is 0.824. The van der Waals surface area contributed by atoms with Gasteiger partial charge in [0.15, 0.2) is 0 Å². The van der Waals surface area contributed by atoms with Crippen LogP contribution in [0.25, 0.3) is 0 Å². The maximum absolute atomic E-state index is 6.00. The summed E-state index contributed by atoms with van der Waals surface area (Å²) in [6.45, 7) is 0.730. The van der Waals surface area contributed by atoms with Crippen molar-refractivity contribution in [2.75, 3.05) is 12.3 Å². The van der Waals surface area contributed by atoms with Crippen LogP contribution in [0, 0.1) is 0 Å². The first kappa shape index (κ1) is 10.3. The summed E-state index contributed by atoms with van der Waals surface area (Å²) in [5.74, 6) is 1.70. The summed E-state index contributed by atoms with van der Waals surface area (Å²) >= 11 is 7.93. The van der Waals surface area contributed by atoms with Gasteiger partial charge < -0.3 is 5.73 Å². The second-order valence-electron chi connectivity index (χ2n) is 3.61. The SMILES string of the molecule is NCC1CCCSc2ccc(Cl)cc21. The Morgan fingerprint density at radius 3 is 3.14 bits per heavy atom. The Labute approximate surface area is 94.0 Å². The fraction of sp³-hybridized carbons (Fsp3) is 0.455. The Morgan fingerprint density at radius 1 is 1.50 bits per heavy atom. The van der Waals surface area contributed by atoms with Crippen LogP contribution in [0.5, 0.6) is 0 Å². The Kier molecular flexibility index (Phi) is 3.37. The van der Waals surface area contributed by atoms with Crippen LogP contribution in [0.1, 0.15) is 24.3 Å². The number of hydrogen-bond acceptors (Lipinski definition) is 2. The first-order chi connectivity index (χ1) is 6.81. The van der Waals surface area contributed by atoms with Crippen molar-refractivity contribution in [1.29, 1.82) is 0 Å². The molecule has 14 heavy (non-hydrogen) atoms. The smallest absolute Gasteiger partial charge is 0.0409 e. The van der Waals surface area contributed by atoms with E-state index >= 15 is 0 Å². The lowest BCUT2D eigenvalue weighted by molar-refractivity contribution is 0.623. The van der Waals surface area contributed by atoms with Gasteiger partial charge in [-0.1, -0.05) is 11.6 Å². The molecule has 2 rings (SSSR count). The van der Waals surface area contributed by atoms with Gasteiger partial charge in [0.2, 0.25) is 0 Å². The Balaban J connectivity index is 2.40. The summed E-state index contributed by atoms with van der Waals surface area (Å²) in [7, 11) is 0. The fourth-order valence-corrected chi connectivity index (χ4v) is 3.15. The zero-order chi connectivity index (χ0) is 9.97. The molecule has 0 bridgehead atoms. The monoisotopic (exact) mass is 227 g/mol. The molecule has 1 atom stereocenters. The molecule has 1 aliphatic rings. The Bertz CT molecular complexity index is 327. The van der Waals surface area contributed by atoms with Crippen molar-refractivity contribution < 1.29 is 0 Å². The molecule has 1 nitrogen and oxygen atoms in total. The average Bonchev–Trinajstić information content (AvgIpc) is 2.39. The van der Waals surface area contributed by atoms with Crippen LogP contribution in [0.3, 0.4) is 0 Å². The standard InChI is InChI=1S/C11H14ClNS/c12-9-3-4-11-10(6-9)8(7-13)2-1-5-14-11/h3-4,6,8H,1-2,5,7,13H2. The highest BCUT2D eigenvalue weighted by atomic mass is 35.5. The van der Waals surface area contributed by atoms with Gasteiger partial charge in [0.05, 0.1) is 0 Å². The van der Waals surface area contributed by atoms with Crippen molar-refractivity contribution >= 4 is 23.4 Å². The molecular weight excluding hydrogens is 214 g/mol. The first-order valence-electron chi connectivity index (χ1n) is 4.93. The summed E-state index contributed by atoms with van der Waals surface area (Å²) in [6, 6.07) is 6.16. The molecule has 0 spiro atoms. The highest BCUT2D eigenvalue weighted by molar-refractivity contribution is 7.99. The normalized spacial score (nSPS) is 21.4. The first-order valence-corrected chi connectivity index (χ1v) is 6.30. The van der Waals surface area contributed by atoms with E-state index in [1.165, 1.54) is 29.1 Å². The molecule has 0 fully saturated rings. The molecule has 0 saturated carbocycles. The van der Waals surface area contributed by atoms with Crippen molar-refractivity contribution in [3.63, 3.8) is 0 Å². The second-order valence-corrected chi connectivity index (χ2v) is 5.18. The van der Waals surface area contributed by atoms with Gasteiger partial charge in [-0.25, -0.2) is 0 Å². The molecule has 1 unspecified atom stereocenters. The van der Waals surface area contributed by atoms with E-state index in [1.54, 1.807) is 0 Å². The maximum Gasteiger partial charge on any atom is 0.0409 e. The number of halogens is 1. The molecule has 3 heteroatoms. The van der Waals surface area contributed by atoms with E-state index in [0.717, 1.165) is 11.6 Å². The predicted octanol–water partition coefficient (Wildman–Crippen LogP) is 3.27. The number of fused-ring (bicyclic) bond motifs is 1. The van der Waals surface area contributed by atoms with E-state index in [9.17, 15) is 0 Å². The molecule has 0 saturated heterocycles. The van der Waals surface area contributed by atoms with Gasteiger partial charge in [-0.05, 0) is 54.8 Å². The number of hydrogen-bond donors (Lipinski definition) is 1. The van der Waals surface area contributed by atoms with E-state index < -0.39 is 0 Å². The van der Waals surface area contributed by atoms with E-state index in [-0.39, 0.29) is 0 Å². The molecule has 1 aliphatic heterocycles. The Morgan fingerprint density at radius 2 is 2.36 bits per heavy atom. The average molecular weight is 228 g/mol. The highest BCUT2D eigenvalue weighted by Gasteiger charge is 2.17. The van der Waals surface area contributed by atoms with Crippen molar-refractivity contribution in [3.8, 4) is 0 Å². The van der Waals surface area contributed by atoms with Crippen molar-refractivity contribution in [1.82, 2.24) is 0 Å². The van der Waals surface area contributed by atoms with Crippen molar-refractivity contribution in [2.45, 2.75) is 23.7 Å². The van der Waals surface area contributed by atoms with E-state index in [0.29, 0.717) is 5.92 Å². The van der Waals surface area contributed by atoms with E-state index in [2.05, 4.69) is 12.1 Å². The highest BCUT2D eigenvalue weighted by Crippen LogP contribution is 2.36. The maximum atomic E-state index is 6.00. The number of nitrogens with two attached hydrogens (primary N) is 1. The van der Waals surface area contributed by atoms with Crippen LogP contribution >= 0.6 is 23.4 Å². The lowest BCUT2D eigenvalue weighted by atomic mass is 9.95. The van der Waals surface area contributed by atoms with Gasteiger partial charge in [0, 0.05) is 9.92 Å². The molecule has 1 aromatic rings. The van der Waals surface area contributed by atoms with Gasteiger partial charge in [0.1, 0.15) is 0 Å². The van der Waals surface area contributed by atoms with Gasteiger partial charge in [-0.15, -0.1) is 11.8 Å². The molecule has 1 aromatic carbocycles. The van der Waals surface area contributed by atoms with Gasteiger partial charge >= 0.3 is 0 Å². The zero-order valence-electron chi connectivity index (χ0n) is 8.00. The Hall–Kier alpha value is -0.180. The molecule has 1 heterocycles. The molecule has 0 radical (unpaired) electrons. The van der Waals surface area contributed by atoms with Gasteiger partial charge in [-0.3, -0.25) is 0 Å². The van der Waals surface area contributed by atoms with Gasteiger partial charge in [0.25, 0.3) is 0 Å². The van der Waals surface area contributed by atoms with Crippen molar-refractivity contribution in [2.24, 2.45) is 5.73 Å². The molecular formula is C11H14ClNS. The minimum absolute atomic E-state index is 0.499. The molecule has 76 valence electrons. The summed E-state index contributed by atoms with van der Waals surface area (Å²) in [4.78, 5) is 1.36. The largest absolute Gasteiger partial charge is 0.330 e. The number of rotatable bonds is 1. The topological polar surface area (TPSA) is 26.0 Å². The third-order valence-electron chi connectivity index (χ3n) is 2.65.